The average Bonchev–Trinajstić information content (AvgIpc) is 3.16. The van der Waals surface area contributed by atoms with Gasteiger partial charge < -0.3 is 20.1 Å². The van der Waals surface area contributed by atoms with Crippen LogP contribution >= 0.6 is 11.6 Å². The van der Waals surface area contributed by atoms with Crippen LogP contribution in [0.15, 0.2) is 35.2 Å². The third-order valence-electron chi connectivity index (χ3n) is 7.21. The first-order chi connectivity index (χ1) is 15.9. The molecule has 2 N–H and O–H groups in total. The third kappa shape index (κ3) is 3.97. The van der Waals surface area contributed by atoms with Crippen molar-refractivity contribution in [1.29, 1.82) is 0 Å². The number of methoxy groups -OCH3 is 1. The van der Waals surface area contributed by atoms with Gasteiger partial charge in [0.25, 0.3) is 0 Å². The smallest absolute Gasteiger partial charge is 0.232 e. The average molecular weight is 468 g/mol. The van der Waals surface area contributed by atoms with Crippen molar-refractivity contribution in [3.8, 4) is 17.1 Å². The number of aliphatic hydroxyl groups is 1. The first kappa shape index (κ1) is 22.2. The lowest BCUT2D eigenvalue weighted by Crippen LogP contribution is -2.40. The Balaban J connectivity index is 1.38. The molecule has 0 aromatic carbocycles. The van der Waals surface area contributed by atoms with Gasteiger partial charge in [-0.2, -0.15) is 0 Å². The van der Waals surface area contributed by atoms with E-state index in [1.807, 2.05) is 6.92 Å². The Morgan fingerprint density at radius 3 is 2.73 bits per heavy atom. The summed E-state index contributed by atoms with van der Waals surface area (Å²) in [5.74, 6) is 1.12. The van der Waals surface area contributed by atoms with E-state index in [4.69, 9.17) is 26.3 Å². The van der Waals surface area contributed by atoms with Gasteiger partial charge >= 0.3 is 0 Å². The minimum Gasteiger partial charge on any atom is -0.480 e. The van der Waals surface area contributed by atoms with Crippen molar-refractivity contribution in [3.05, 3.63) is 51.6 Å². The highest BCUT2D eigenvalue weighted by Gasteiger charge is 2.42. The van der Waals surface area contributed by atoms with Gasteiger partial charge in [-0.1, -0.05) is 23.3 Å². The van der Waals surface area contributed by atoms with E-state index in [1.54, 1.807) is 12.3 Å². The summed E-state index contributed by atoms with van der Waals surface area (Å²) in [6.07, 6.45) is 8.52. The Labute approximate surface area is 199 Å². The van der Waals surface area contributed by atoms with E-state index in [1.165, 1.54) is 24.0 Å². The molecular formula is C25H30ClN5O2. The molecular weight excluding hydrogens is 438 g/mol. The minimum atomic E-state index is -0.180. The van der Waals surface area contributed by atoms with Gasteiger partial charge in [0.2, 0.25) is 5.88 Å². The number of allylic oxidation sites excluding steroid dienone is 3. The maximum atomic E-state index is 10.1. The number of hydrogen-bond donors (Lipinski definition) is 2. The third-order valence-corrected chi connectivity index (χ3v) is 7.57. The highest BCUT2D eigenvalue weighted by molar-refractivity contribution is 6.34. The van der Waals surface area contributed by atoms with Crippen molar-refractivity contribution < 1.29 is 9.84 Å². The molecule has 7 nitrogen and oxygen atoms in total. The molecule has 1 fully saturated rings. The molecule has 0 bridgehead atoms. The maximum absolute atomic E-state index is 10.1. The van der Waals surface area contributed by atoms with Crippen LogP contribution in [0.4, 0.5) is 5.82 Å². The lowest BCUT2D eigenvalue weighted by molar-refractivity contribution is 0.228. The van der Waals surface area contributed by atoms with Gasteiger partial charge in [0.05, 0.1) is 25.1 Å². The van der Waals surface area contributed by atoms with Crippen LogP contribution in [-0.4, -0.2) is 46.8 Å². The summed E-state index contributed by atoms with van der Waals surface area (Å²) in [4.78, 5) is 16.1. The summed E-state index contributed by atoms with van der Waals surface area (Å²) >= 11 is 6.49. The molecule has 0 unspecified atom stereocenters. The zero-order chi connectivity index (χ0) is 23.2. The van der Waals surface area contributed by atoms with Crippen LogP contribution in [-0.2, 0) is 6.61 Å². The lowest BCUT2D eigenvalue weighted by Gasteiger charge is -2.40. The van der Waals surface area contributed by atoms with Gasteiger partial charge in [-0.05, 0) is 56.6 Å². The summed E-state index contributed by atoms with van der Waals surface area (Å²) in [5, 5.41) is 14.1. The van der Waals surface area contributed by atoms with Crippen molar-refractivity contribution in [1.82, 2.24) is 20.3 Å². The second-order valence-electron chi connectivity index (χ2n) is 9.46. The van der Waals surface area contributed by atoms with Gasteiger partial charge in [0.15, 0.2) is 5.82 Å². The van der Waals surface area contributed by atoms with E-state index in [2.05, 4.69) is 28.2 Å². The monoisotopic (exact) mass is 467 g/mol. The number of nitrogens with one attached hydrogen (secondary N) is 1. The number of piperidine rings is 1. The van der Waals surface area contributed by atoms with E-state index in [9.17, 15) is 5.11 Å². The van der Waals surface area contributed by atoms with Crippen LogP contribution in [0, 0.1) is 12.3 Å². The summed E-state index contributed by atoms with van der Waals surface area (Å²) < 4.78 is 5.25. The Bertz CT molecular complexity index is 1150. The number of aryl methyl sites for hydroxylation is 1. The van der Waals surface area contributed by atoms with Crippen LogP contribution in [0.1, 0.15) is 44.0 Å². The van der Waals surface area contributed by atoms with Crippen LogP contribution in [0.2, 0.25) is 5.02 Å². The van der Waals surface area contributed by atoms with Crippen LogP contribution in [0.5, 0.6) is 5.88 Å². The fourth-order valence-corrected chi connectivity index (χ4v) is 5.70. The summed E-state index contributed by atoms with van der Waals surface area (Å²) in [7, 11) is 1.53. The van der Waals surface area contributed by atoms with Crippen molar-refractivity contribution >= 4 is 17.4 Å². The summed E-state index contributed by atoms with van der Waals surface area (Å²) in [5.41, 5.74) is 7.35. The van der Waals surface area contributed by atoms with E-state index >= 15 is 0 Å². The van der Waals surface area contributed by atoms with E-state index in [0.717, 1.165) is 56.8 Å². The first-order valence-corrected chi connectivity index (χ1v) is 11.9. The number of nitrogens with zero attached hydrogens (tertiary/aromatic N) is 4. The number of hydrogen-bond acceptors (Lipinski definition) is 7. The van der Waals surface area contributed by atoms with Crippen molar-refractivity contribution in [2.45, 2.75) is 46.1 Å². The summed E-state index contributed by atoms with van der Waals surface area (Å²) in [6, 6.07) is 1.80. The number of halogens is 1. The summed E-state index contributed by atoms with van der Waals surface area (Å²) in [6.45, 7) is 6.73. The van der Waals surface area contributed by atoms with Crippen LogP contribution in [0.25, 0.3) is 11.3 Å². The van der Waals surface area contributed by atoms with Crippen molar-refractivity contribution in [3.63, 3.8) is 0 Å². The van der Waals surface area contributed by atoms with Crippen LogP contribution < -0.4 is 15.0 Å². The molecule has 0 atom stereocenters. The first-order valence-electron chi connectivity index (χ1n) is 11.5. The van der Waals surface area contributed by atoms with Gasteiger partial charge in [-0.25, -0.2) is 15.0 Å². The Kier molecular flexibility index (Phi) is 5.79. The molecule has 2 aromatic heterocycles. The Hall–Kier alpha value is -2.64. The van der Waals surface area contributed by atoms with E-state index in [0.29, 0.717) is 33.3 Å². The van der Waals surface area contributed by atoms with Gasteiger partial charge in [-0.3, -0.25) is 0 Å². The molecule has 4 heterocycles. The molecule has 8 heteroatoms. The predicted molar refractivity (Wildman–Crippen MR) is 129 cm³/mol. The maximum Gasteiger partial charge on any atom is 0.232 e. The molecule has 5 rings (SSSR count). The number of pyridine rings is 1. The molecule has 3 aliphatic rings. The molecule has 174 valence electrons. The number of ether oxygens (including phenoxy) is 1. The zero-order valence-electron chi connectivity index (χ0n) is 19.4. The number of aliphatic hydroxyl groups excluding tert-OH is 1. The SMILES string of the molecule is COc1nccc(-c2nc(CO)c(N3CCC4(CC3)CC3=C(C4)NCC(C)=C3)nc2C)c1Cl. The van der Waals surface area contributed by atoms with Crippen molar-refractivity contribution in [2.75, 3.05) is 31.6 Å². The topological polar surface area (TPSA) is 83.4 Å². The van der Waals surface area contributed by atoms with E-state index in [-0.39, 0.29) is 6.61 Å². The zero-order valence-corrected chi connectivity index (χ0v) is 20.2. The normalized spacial score (nSPS) is 19.4. The van der Waals surface area contributed by atoms with Gasteiger partial charge in [0, 0.05) is 37.1 Å². The molecule has 0 amide bonds. The fourth-order valence-electron chi connectivity index (χ4n) is 5.42. The van der Waals surface area contributed by atoms with E-state index < -0.39 is 0 Å². The molecule has 33 heavy (non-hydrogen) atoms. The molecule has 0 saturated carbocycles. The highest BCUT2D eigenvalue weighted by Crippen LogP contribution is 2.50. The minimum absolute atomic E-state index is 0.180. The predicted octanol–water partition coefficient (Wildman–Crippen LogP) is 4.19. The quantitative estimate of drug-likeness (QED) is 0.697. The molecule has 1 saturated heterocycles. The Morgan fingerprint density at radius 2 is 2.00 bits per heavy atom. The van der Waals surface area contributed by atoms with Gasteiger partial charge in [0.1, 0.15) is 10.7 Å². The molecule has 1 aliphatic carbocycles. The lowest BCUT2D eigenvalue weighted by atomic mass is 9.75. The number of rotatable bonds is 4. The highest BCUT2D eigenvalue weighted by atomic mass is 35.5. The standard InChI is InChI=1S/C25H30ClN5O2/c1-15-10-17-11-25(12-19(17)28-13-15)5-8-31(9-6-25)23-20(14-32)30-22(16(2)29-23)18-4-7-27-24(33-3)21(18)26/h4,7,10,28,32H,5-6,8-9,11-14H2,1-3H3. The Morgan fingerprint density at radius 1 is 1.21 bits per heavy atom. The second kappa shape index (κ2) is 8.61. The molecule has 0 radical (unpaired) electrons. The number of dihydropyridines is 1. The largest absolute Gasteiger partial charge is 0.480 e. The molecule has 1 spiro atoms. The second-order valence-corrected chi connectivity index (χ2v) is 9.83. The molecule has 2 aliphatic heterocycles. The fraction of sp³-hybridized carbons (Fsp3) is 0.480. The number of aromatic nitrogens is 3. The van der Waals surface area contributed by atoms with Crippen LogP contribution in [0.3, 0.4) is 0 Å². The van der Waals surface area contributed by atoms with Crippen molar-refractivity contribution in [2.24, 2.45) is 5.41 Å². The van der Waals surface area contributed by atoms with Gasteiger partial charge in [-0.15, -0.1) is 0 Å². The number of anilines is 1. The molecule has 2 aromatic rings.